The van der Waals surface area contributed by atoms with Gasteiger partial charge >= 0.3 is 17.9 Å². The van der Waals surface area contributed by atoms with E-state index in [4.69, 9.17) is 0 Å². The topological polar surface area (TPSA) is 78.9 Å². The first kappa shape index (κ1) is 12.2. The van der Waals surface area contributed by atoms with Crippen LogP contribution in [-0.2, 0) is 28.6 Å². The van der Waals surface area contributed by atoms with Gasteiger partial charge in [0.05, 0.1) is 20.3 Å². The van der Waals surface area contributed by atoms with Crippen molar-refractivity contribution in [3.63, 3.8) is 0 Å². The second-order valence-electron chi connectivity index (χ2n) is 2.12. The van der Waals surface area contributed by atoms with Crippen molar-refractivity contribution < 1.29 is 28.6 Å². The molecule has 0 aromatic carbocycles. The molecule has 0 saturated carbocycles. The Labute approximate surface area is 80.4 Å². The van der Waals surface area contributed by atoms with E-state index in [1.807, 2.05) is 0 Å². The molecule has 0 radical (unpaired) electrons. The summed E-state index contributed by atoms with van der Waals surface area (Å²) in [6.45, 7) is 1.09. The smallest absolute Gasteiger partial charge is 0.374 e. The van der Waals surface area contributed by atoms with Crippen LogP contribution in [0.25, 0.3) is 0 Å². The molecule has 14 heavy (non-hydrogen) atoms. The van der Waals surface area contributed by atoms with Crippen LogP contribution >= 0.6 is 0 Å². The van der Waals surface area contributed by atoms with E-state index >= 15 is 0 Å². The molecule has 0 fully saturated rings. The van der Waals surface area contributed by atoms with Gasteiger partial charge in [0.2, 0.25) is 5.76 Å². The molecular formula is C8H10O6. The monoisotopic (exact) mass is 202 g/mol. The summed E-state index contributed by atoms with van der Waals surface area (Å²) in [6, 6.07) is 0. The largest absolute Gasteiger partial charge is 0.466 e. The molecule has 0 amide bonds. The minimum Gasteiger partial charge on any atom is -0.466 e. The van der Waals surface area contributed by atoms with Crippen molar-refractivity contribution in [1.29, 1.82) is 0 Å². The molecule has 0 aromatic heterocycles. The van der Waals surface area contributed by atoms with E-state index in [1.54, 1.807) is 0 Å². The zero-order valence-electron chi connectivity index (χ0n) is 8.03. The fourth-order valence-corrected chi connectivity index (χ4v) is 0.551. The maximum Gasteiger partial charge on any atom is 0.374 e. The Morgan fingerprint density at radius 3 is 2.00 bits per heavy atom. The van der Waals surface area contributed by atoms with Crippen LogP contribution in [0, 0.1) is 0 Å². The predicted octanol–water partition coefficient (Wildman–Crippen LogP) is -0.221. The van der Waals surface area contributed by atoms with Gasteiger partial charge in [0.1, 0.15) is 0 Å². The highest BCUT2D eigenvalue weighted by molar-refractivity contribution is 5.96. The number of carbonyl (C=O) groups excluding carboxylic acids is 3. The summed E-state index contributed by atoms with van der Waals surface area (Å²) in [6.07, 6.45) is 0.729. The van der Waals surface area contributed by atoms with Crippen molar-refractivity contribution in [2.45, 2.75) is 6.92 Å². The van der Waals surface area contributed by atoms with E-state index in [-0.39, 0.29) is 0 Å². The number of rotatable bonds is 3. The lowest BCUT2D eigenvalue weighted by Gasteiger charge is -2.03. The van der Waals surface area contributed by atoms with E-state index in [0.717, 1.165) is 27.2 Å². The Kier molecular flexibility index (Phi) is 4.98. The van der Waals surface area contributed by atoms with Crippen LogP contribution in [0.1, 0.15) is 6.92 Å². The summed E-state index contributed by atoms with van der Waals surface area (Å²) in [4.78, 5) is 32.2. The molecule has 6 heteroatoms. The van der Waals surface area contributed by atoms with Crippen molar-refractivity contribution in [3.8, 4) is 0 Å². The second kappa shape index (κ2) is 5.74. The van der Waals surface area contributed by atoms with E-state index < -0.39 is 23.7 Å². The third-order valence-electron chi connectivity index (χ3n) is 1.09. The van der Waals surface area contributed by atoms with Crippen molar-refractivity contribution in [2.75, 3.05) is 14.2 Å². The van der Waals surface area contributed by atoms with Crippen molar-refractivity contribution in [3.05, 3.63) is 11.8 Å². The van der Waals surface area contributed by atoms with E-state index in [0.29, 0.717) is 0 Å². The maximum absolute atomic E-state index is 10.9. The average Bonchev–Trinajstić information content (AvgIpc) is 2.14. The second-order valence-corrected chi connectivity index (χ2v) is 2.12. The highest BCUT2D eigenvalue weighted by atomic mass is 16.6. The number of esters is 3. The van der Waals surface area contributed by atoms with Gasteiger partial charge in [-0.3, -0.25) is 4.79 Å². The Morgan fingerprint density at radius 1 is 1.07 bits per heavy atom. The number of hydrogen-bond donors (Lipinski definition) is 0. The first-order valence-corrected chi connectivity index (χ1v) is 3.57. The lowest BCUT2D eigenvalue weighted by molar-refractivity contribution is -0.149. The van der Waals surface area contributed by atoms with E-state index in [2.05, 4.69) is 14.2 Å². The Hall–Kier alpha value is -1.85. The fraction of sp³-hybridized carbons (Fsp3) is 0.375. The van der Waals surface area contributed by atoms with Gasteiger partial charge in [-0.1, -0.05) is 0 Å². The Balaban J connectivity index is 4.71. The average molecular weight is 202 g/mol. The van der Waals surface area contributed by atoms with Gasteiger partial charge in [0, 0.05) is 6.92 Å². The van der Waals surface area contributed by atoms with Gasteiger partial charge < -0.3 is 14.2 Å². The molecule has 0 bridgehead atoms. The predicted molar refractivity (Wildman–Crippen MR) is 43.9 cm³/mol. The number of carbonyl (C=O) groups is 3. The van der Waals surface area contributed by atoms with Gasteiger partial charge in [-0.15, -0.1) is 0 Å². The zero-order chi connectivity index (χ0) is 11.1. The standard InChI is InChI=1S/C8H10O6/c1-5(9)14-6(8(11)13-3)4-7(10)12-2/h4H,1-3H3. The first-order valence-electron chi connectivity index (χ1n) is 3.57. The molecule has 0 saturated heterocycles. The van der Waals surface area contributed by atoms with Gasteiger partial charge in [0.25, 0.3) is 0 Å². The summed E-state index contributed by atoms with van der Waals surface area (Å²) in [7, 11) is 2.22. The molecule has 0 aliphatic rings. The number of methoxy groups -OCH3 is 2. The minimum absolute atomic E-state index is 0.508. The lowest BCUT2D eigenvalue weighted by Crippen LogP contribution is -2.13. The molecule has 0 spiro atoms. The highest BCUT2D eigenvalue weighted by Crippen LogP contribution is 2.01. The van der Waals surface area contributed by atoms with Crippen molar-refractivity contribution in [1.82, 2.24) is 0 Å². The van der Waals surface area contributed by atoms with Gasteiger partial charge in [-0.05, 0) is 0 Å². The molecule has 0 N–H and O–H groups in total. The molecule has 6 nitrogen and oxygen atoms in total. The molecule has 0 atom stereocenters. The van der Waals surface area contributed by atoms with Gasteiger partial charge in [-0.2, -0.15) is 0 Å². The molecule has 0 aromatic rings. The summed E-state index contributed by atoms with van der Waals surface area (Å²) in [5.74, 6) is -2.98. The third kappa shape index (κ3) is 4.24. The summed E-state index contributed by atoms with van der Waals surface area (Å²) in [5, 5.41) is 0. The first-order chi connectivity index (χ1) is 6.51. The van der Waals surface area contributed by atoms with Crippen LogP contribution in [-0.4, -0.2) is 32.1 Å². The van der Waals surface area contributed by atoms with Crippen LogP contribution in [0.15, 0.2) is 11.8 Å². The zero-order valence-corrected chi connectivity index (χ0v) is 8.03. The normalized spacial score (nSPS) is 10.4. The highest BCUT2D eigenvalue weighted by Gasteiger charge is 2.15. The molecule has 78 valence electrons. The minimum atomic E-state index is -0.925. The van der Waals surface area contributed by atoms with Crippen LogP contribution in [0.5, 0.6) is 0 Å². The van der Waals surface area contributed by atoms with Crippen LogP contribution < -0.4 is 0 Å². The fourth-order valence-electron chi connectivity index (χ4n) is 0.551. The Bertz CT molecular complexity index is 278. The maximum atomic E-state index is 10.9. The van der Waals surface area contributed by atoms with E-state index in [1.165, 1.54) is 0 Å². The molecule has 0 aliphatic heterocycles. The van der Waals surface area contributed by atoms with Crippen LogP contribution in [0.2, 0.25) is 0 Å². The molecule has 0 heterocycles. The van der Waals surface area contributed by atoms with Gasteiger partial charge in [0.15, 0.2) is 0 Å². The molecule has 0 aliphatic carbocycles. The summed E-state index contributed by atoms with van der Waals surface area (Å²) in [5.41, 5.74) is 0. The SMILES string of the molecule is COC(=O)C=C(OC(C)=O)C(=O)OC. The van der Waals surface area contributed by atoms with Gasteiger partial charge in [-0.25, -0.2) is 9.59 Å². The van der Waals surface area contributed by atoms with Crippen LogP contribution in [0.4, 0.5) is 0 Å². The number of ether oxygens (including phenoxy) is 3. The molecule has 0 rings (SSSR count). The Morgan fingerprint density at radius 2 is 1.64 bits per heavy atom. The summed E-state index contributed by atoms with van der Waals surface area (Å²) >= 11 is 0. The molecule has 0 unspecified atom stereocenters. The molecular weight excluding hydrogens is 192 g/mol. The third-order valence-corrected chi connectivity index (χ3v) is 1.09. The lowest BCUT2D eigenvalue weighted by atomic mass is 10.4. The van der Waals surface area contributed by atoms with Crippen molar-refractivity contribution >= 4 is 17.9 Å². The quantitative estimate of drug-likeness (QED) is 0.272. The number of hydrogen-bond acceptors (Lipinski definition) is 6. The summed E-state index contributed by atoms with van der Waals surface area (Å²) < 4.78 is 12.9. The van der Waals surface area contributed by atoms with E-state index in [9.17, 15) is 14.4 Å². The van der Waals surface area contributed by atoms with Crippen molar-refractivity contribution in [2.24, 2.45) is 0 Å². The van der Waals surface area contributed by atoms with Crippen LogP contribution in [0.3, 0.4) is 0 Å².